The highest BCUT2D eigenvalue weighted by atomic mass is 16.7. The van der Waals surface area contributed by atoms with E-state index in [9.17, 15) is 0 Å². The molecule has 2 aliphatic heterocycles. The third-order valence-corrected chi connectivity index (χ3v) is 5.99. The molecule has 3 aromatic rings. The highest BCUT2D eigenvalue weighted by molar-refractivity contribution is 6.62. The molecule has 0 aliphatic carbocycles. The van der Waals surface area contributed by atoms with Crippen LogP contribution in [-0.2, 0) is 25.4 Å². The maximum Gasteiger partial charge on any atom is 0.494 e. The van der Waals surface area contributed by atoms with Crippen LogP contribution in [0, 0.1) is 6.57 Å². The van der Waals surface area contributed by atoms with E-state index in [2.05, 4.69) is 17.0 Å². The molecule has 0 N–H and O–H groups in total. The van der Waals surface area contributed by atoms with Crippen LogP contribution >= 0.6 is 0 Å². The van der Waals surface area contributed by atoms with E-state index in [1.54, 1.807) is 24.3 Å². The SMILES string of the molecule is [C-]#[N+]c1ccc(Oc2ccc(B3OCC(c4ccccc4)O3)c(COC3CCCCO3)c2)cc1. The van der Waals surface area contributed by atoms with E-state index in [0.29, 0.717) is 30.4 Å². The van der Waals surface area contributed by atoms with Crippen LogP contribution in [0.5, 0.6) is 11.5 Å². The van der Waals surface area contributed by atoms with Gasteiger partial charge in [0.25, 0.3) is 0 Å². The van der Waals surface area contributed by atoms with Gasteiger partial charge in [-0.1, -0.05) is 48.5 Å². The molecule has 0 radical (unpaired) electrons. The summed E-state index contributed by atoms with van der Waals surface area (Å²) < 4.78 is 30.2. The second kappa shape index (κ2) is 10.9. The second-order valence-corrected chi connectivity index (χ2v) is 8.38. The minimum Gasteiger partial charge on any atom is -0.457 e. The van der Waals surface area contributed by atoms with Gasteiger partial charge in [0, 0.05) is 6.61 Å². The number of ether oxygens (including phenoxy) is 3. The Balaban J connectivity index is 1.35. The summed E-state index contributed by atoms with van der Waals surface area (Å²) in [6, 6.07) is 23.0. The molecule has 0 spiro atoms. The summed E-state index contributed by atoms with van der Waals surface area (Å²) in [4.78, 5) is 3.42. The lowest BCUT2D eigenvalue weighted by molar-refractivity contribution is -0.168. The summed E-state index contributed by atoms with van der Waals surface area (Å²) in [6.45, 7) is 8.70. The van der Waals surface area contributed by atoms with Gasteiger partial charge in [-0.2, -0.15) is 0 Å². The van der Waals surface area contributed by atoms with Crippen molar-refractivity contribution in [3.8, 4) is 11.5 Å². The predicted octanol–water partition coefficient (Wildman–Crippen LogP) is 5.56. The summed E-state index contributed by atoms with van der Waals surface area (Å²) in [5.74, 6) is 1.35. The molecule has 0 saturated carbocycles. The largest absolute Gasteiger partial charge is 0.494 e. The maximum absolute atomic E-state index is 7.10. The van der Waals surface area contributed by atoms with Crippen LogP contribution in [-0.4, -0.2) is 26.6 Å². The fourth-order valence-electron chi connectivity index (χ4n) is 4.16. The van der Waals surface area contributed by atoms with Gasteiger partial charge in [-0.3, -0.25) is 0 Å². The molecule has 3 aromatic carbocycles. The van der Waals surface area contributed by atoms with E-state index in [-0.39, 0.29) is 12.4 Å². The zero-order valence-corrected chi connectivity index (χ0v) is 18.9. The van der Waals surface area contributed by atoms with Gasteiger partial charge in [0.1, 0.15) is 11.5 Å². The number of benzene rings is 3. The first-order valence-corrected chi connectivity index (χ1v) is 11.6. The number of hydrogen-bond acceptors (Lipinski definition) is 5. The van der Waals surface area contributed by atoms with Gasteiger partial charge < -0.3 is 23.5 Å². The van der Waals surface area contributed by atoms with Crippen molar-refractivity contribution in [2.45, 2.75) is 38.3 Å². The lowest BCUT2D eigenvalue weighted by Gasteiger charge is -2.23. The molecule has 172 valence electrons. The van der Waals surface area contributed by atoms with Crippen molar-refractivity contribution in [3.63, 3.8) is 0 Å². The normalized spacial score (nSPS) is 20.1. The quantitative estimate of drug-likeness (QED) is 0.345. The third kappa shape index (κ3) is 5.49. The van der Waals surface area contributed by atoms with Crippen molar-refractivity contribution in [1.29, 1.82) is 0 Å². The lowest BCUT2D eigenvalue weighted by Crippen LogP contribution is -2.35. The van der Waals surface area contributed by atoms with E-state index in [0.717, 1.165) is 42.5 Å². The molecule has 2 atom stereocenters. The van der Waals surface area contributed by atoms with Crippen molar-refractivity contribution >= 4 is 18.3 Å². The highest BCUT2D eigenvalue weighted by Gasteiger charge is 2.35. The zero-order chi connectivity index (χ0) is 23.2. The van der Waals surface area contributed by atoms with Gasteiger partial charge in [0.15, 0.2) is 12.0 Å². The molecule has 6 nitrogen and oxygen atoms in total. The van der Waals surface area contributed by atoms with Crippen LogP contribution in [0.4, 0.5) is 5.69 Å². The summed E-state index contributed by atoms with van der Waals surface area (Å²) in [7, 11) is -0.483. The maximum atomic E-state index is 7.10. The molecule has 2 saturated heterocycles. The second-order valence-electron chi connectivity index (χ2n) is 8.38. The Hall–Kier alpha value is -3.15. The lowest BCUT2D eigenvalue weighted by atomic mass is 9.76. The van der Waals surface area contributed by atoms with E-state index >= 15 is 0 Å². The standard InChI is InChI=1S/C27H26BNO5/c1-29-22-10-12-23(13-11-22)33-24-14-15-25(21(17-24)18-31-27-9-5-6-16-30-27)28-32-19-26(34-28)20-7-3-2-4-8-20/h2-4,7-8,10-15,17,26-27H,5-6,9,16,18-19H2. The van der Waals surface area contributed by atoms with E-state index in [1.807, 2.05) is 36.4 Å². The Labute approximate surface area is 200 Å². The number of nitrogens with zero attached hydrogens (tertiary/aromatic N) is 1. The molecular weight excluding hydrogens is 429 g/mol. The molecule has 2 aliphatic rings. The van der Waals surface area contributed by atoms with Crippen LogP contribution in [0.3, 0.4) is 0 Å². The van der Waals surface area contributed by atoms with Crippen LogP contribution in [0.2, 0.25) is 0 Å². The first kappa shape index (κ1) is 22.6. The van der Waals surface area contributed by atoms with Crippen LogP contribution in [0.1, 0.15) is 36.5 Å². The van der Waals surface area contributed by atoms with E-state index in [4.69, 9.17) is 30.1 Å². The molecule has 0 aromatic heterocycles. The van der Waals surface area contributed by atoms with Gasteiger partial charge in [0.2, 0.25) is 0 Å². The van der Waals surface area contributed by atoms with Crippen molar-refractivity contribution in [1.82, 2.24) is 0 Å². The third-order valence-electron chi connectivity index (χ3n) is 5.99. The predicted molar refractivity (Wildman–Crippen MR) is 129 cm³/mol. The Morgan fingerprint density at radius 3 is 2.56 bits per heavy atom. The first-order chi connectivity index (χ1) is 16.8. The average molecular weight is 455 g/mol. The minimum absolute atomic E-state index is 0.112. The van der Waals surface area contributed by atoms with E-state index in [1.165, 1.54) is 0 Å². The molecular formula is C27H26BNO5. The molecule has 2 heterocycles. The molecule has 0 amide bonds. The Morgan fingerprint density at radius 2 is 1.79 bits per heavy atom. The van der Waals surface area contributed by atoms with Gasteiger partial charge in [-0.25, -0.2) is 4.85 Å². The highest BCUT2D eigenvalue weighted by Crippen LogP contribution is 2.28. The van der Waals surface area contributed by atoms with Crippen molar-refractivity contribution in [2.75, 3.05) is 13.2 Å². The van der Waals surface area contributed by atoms with Gasteiger partial charge in [0.05, 0.1) is 25.9 Å². The molecule has 2 fully saturated rings. The van der Waals surface area contributed by atoms with Crippen LogP contribution < -0.4 is 10.2 Å². The number of hydrogen-bond donors (Lipinski definition) is 0. The Bertz CT molecular complexity index is 1130. The summed E-state index contributed by atoms with van der Waals surface area (Å²) in [5.41, 5.74) is 3.53. The van der Waals surface area contributed by atoms with Crippen LogP contribution in [0.15, 0.2) is 72.8 Å². The summed E-state index contributed by atoms with van der Waals surface area (Å²) >= 11 is 0. The average Bonchev–Trinajstić information content (AvgIpc) is 3.39. The fourth-order valence-corrected chi connectivity index (χ4v) is 4.16. The Morgan fingerprint density at radius 1 is 0.971 bits per heavy atom. The summed E-state index contributed by atoms with van der Waals surface area (Å²) in [6.07, 6.45) is 2.76. The van der Waals surface area contributed by atoms with Gasteiger partial charge >= 0.3 is 7.12 Å². The van der Waals surface area contributed by atoms with Gasteiger partial charge in [-0.05, 0) is 60.1 Å². The molecule has 5 rings (SSSR count). The molecule has 0 bridgehead atoms. The smallest absolute Gasteiger partial charge is 0.457 e. The summed E-state index contributed by atoms with van der Waals surface area (Å²) in [5, 5.41) is 0. The first-order valence-electron chi connectivity index (χ1n) is 11.6. The van der Waals surface area contributed by atoms with Crippen molar-refractivity contribution in [2.24, 2.45) is 0 Å². The molecule has 7 heteroatoms. The van der Waals surface area contributed by atoms with Crippen LogP contribution in [0.25, 0.3) is 4.85 Å². The monoisotopic (exact) mass is 455 g/mol. The molecule has 2 unspecified atom stereocenters. The minimum atomic E-state index is -0.483. The fraction of sp³-hybridized carbons (Fsp3) is 0.296. The van der Waals surface area contributed by atoms with Gasteiger partial charge in [-0.15, -0.1) is 0 Å². The van der Waals surface area contributed by atoms with E-state index < -0.39 is 7.12 Å². The van der Waals surface area contributed by atoms with Crippen molar-refractivity contribution in [3.05, 3.63) is 95.3 Å². The van der Waals surface area contributed by atoms with Crippen molar-refractivity contribution < 1.29 is 23.5 Å². The number of rotatable bonds is 7. The molecule has 34 heavy (non-hydrogen) atoms. The topological polar surface area (TPSA) is 50.5 Å². The zero-order valence-electron chi connectivity index (χ0n) is 18.9. The Kier molecular flexibility index (Phi) is 7.23.